The molecule has 0 amide bonds. The maximum Gasteiger partial charge on any atom is 0.307 e. The van der Waals surface area contributed by atoms with Gasteiger partial charge in [-0.3, -0.25) is 4.79 Å². The van der Waals surface area contributed by atoms with Gasteiger partial charge in [-0.15, -0.1) is 0 Å². The van der Waals surface area contributed by atoms with Gasteiger partial charge in [0.2, 0.25) is 0 Å². The summed E-state index contributed by atoms with van der Waals surface area (Å²) in [5.74, 6) is -0.258. The minimum Gasteiger partial charge on any atom is -0.466 e. The lowest BCUT2D eigenvalue weighted by Crippen LogP contribution is -2.36. The van der Waals surface area contributed by atoms with Crippen molar-refractivity contribution < 1.29 is 9.53 Å². The quantitative estimate of drug-likeness (QED) is 0.680. The highest BCUT2D eigenvalue weighted by Gasteiger charge is 2.25. The third kappa shape index (κ3) is 3.75. The van der Waals surface area contributed by atoms with Crippen LogP contribution in [0.1, 0.15) is 25.8 Å². The predicted octanol–water partition coefficient (Wildman–Crippen LogP) is 2.42. The summed E-state index contributed by atoms with van der Waals surface area (Å²) in [6.45, 7) is 4.02. The number of hydrogen-bond donors (Lipinski definition) is 1. The molecule has 1 atom stereocenters. The van der Waals surface area contributed by atoms with Crippen LogP contribution in [0.5, 0.6) is 0 Å². The standard InChI is InChI=1S/C12H16INO2/c1-3-16-11(15)8-12(2,14)9-4-6-10(13)7-5-9/h4-7H,3,8,14H2,1-2H3. The van der Waals surface area contributed by atoms with Crippen LogP contribution in [0.15, 0.2) is 24.3 Å². The van der Waals surface area contributed by atoms with Gasteiger partial charge < -0.3 is 10.5 Å². The SMILES string of the molecule is CCOC(=O)CC(C)(N)c1ccc(I)cc1. The molecule has 0 aliphatic heterocycles. The number of esters is 1. The van der Waals surface area contributed by atoms with E-state index >= 15 is 0 Å². The second kappa shape index (κ2) is 5.63. The second-order valence-electron chi connectivity index (χ2n) is 3.91. The maximum absolute atomic E-state index is 11.4. The highest BCUT2D eigenvalue weighted by atomic mass is 127. The first-order valence-corrected chi connectivity index (χ1v) is 6.24. The first kappa shape index (κ1) is 13.4. The van der Waals surface area contributed by atoms with Gasteiger partial charge in [-0.2, -0.15) is 0 Å². The topological polar surface area (TPSA) is 52.3 Å². The number of hydrogen-bond acceptors (Lipinski definition) is 3. The molecule has 2 N–H and O–H groups in total. The summed E-state index contributed by atoms with van der Waals surface area (Å²) in [6, 6.07) is 7.85. The van der Waals surface area contributed by atoms with Crippen LogP contribution in [0, 0.1) is 3.57 Å². The lowest BCUT2D eigenvalue weighted by molar-refractivity contribution is -0.144. The van der Waals surface area contributed by atoms with E-state index in [0.29, 0.717) is 6.61 Å². The molecule has 0 aliphatic carbocycles. The average molecular weight is 333 g/mol. The predicted molar refractivity (Wildman–Crippen MR) is 71.9 cm³/mol. The Kier molecular flexibility index (Phi) is 4.73. The molecule has 0 aliphatic rings. The molecule has 1 aromatic carbocycles. The zero-order valence-electron chi connectivity index (χ0n) is 9.50. The molecule has 1 aromatic rings. The summed E-state index contributed by atoms with van der Waals surface area (Å²) in [5.41, 5.74) is 6.39. The smallest absolute Gasteiger partial charge is 0.307 e. The van der Waals surface area contributed by atoms with Gasteiger partial charge in [-0.1, -0.05) is 12.1 Å². The summed E-state index contributed by atoms with van der Waals surface area (Å²) >= 11 is 2.23. The van der Waals surface area contributed by atoms with E-state index in [2.05, 4.69) is 22.6 Å². The van der Waals surface area contributed by atoms with Crippen LogP contribution in [0.4, 0.5) is 0 Å². The Labute approximate surface area is 109 Å². The molecule has 1 rings (SSSR count). The third-order valence-corrected chi connectivity index (χ3v) is 3.04. The normalized spacial score (nSPS) is 14.2. The maximum atomic E-state index is 11.4. The molecule has 0 saturated carbocycles. The highest BCUT2D eigenvalue weighted by Crippen LogP contribution is 2.22. The molecule has 0 saturated heterocycles. The van der Waals surface area contributed by atoms with Gasteiger partial charge in [0.1, 0.15) is 0 Å². The molecule has 3 nitrogen and oxygen atoms in total. The van der Waals surface area contributed by atoms with Crippen LogP contribution in [0.3, 0.4) is 0 Å². The lowest BCUT2D eigenvalue weighted by atomic mass is 9.90. The summed E-state index contributed by atoms with van der Waals surface area (Å²) < 4.78 is 6.05. The molecule has 0 fully saturated rings. The number of rotatable bonds is 4. The largest absolute Gasteiger partial charge is 0.466 e. The Morgan fingerprint density at radius 3 is 2.50 bits per heavy atom. The molecule has 0 spiro atoms. The first-order valence-electron chi connectivity index (χ1n) is 5.16. The molecule has 88 valence electrons. The van der Waals surface area contributed by atoms with Crippen molar-refractivity contribution in [3.63, 3.8) is 0 Å². The molecule has 0 bridgehead atoms. The van der Waals surface area contributed by atoms with Gasteiger partial charge in [0, 0.05) is 9.11 Å². The Balaban J connectivity index is 2.76. The summed E-state index contributed by atoms with van der Waals surface area (Å²) in [4.78, 5) is 11.4. The van der Waals surface area contributed by atoms with E-state index < -0.39 is 5.54 Å². The van der Waals surface area contributed by atoms with E-state index in [9.17, 15) is 4.79 Å². The van der Waals surface area contributed by atoms with Crippen LogP contribution in [-0.4, -0.2) is 12.6 Å². The zero-order chi connectivity index (χ0) is 12.2. The number of nitrogens with two attached hydrogens (primary N) is 1. The lowest BCUT2D eigenvalue weighted by Gasteiger charge is -2.24. The molecule has 1 unspecified atom stereocenters. The Morgan fingerprint density at radius 1 is 1.44 bits per heavy atom. The summed E-state index contributed by atoms with van der Waals surface area (Å²) in [7, 11) is 0. The molecule has 0 heterocycles. The minimum absolute atomic E-state index is 0.196. The zero-order valence-corrected chi connectivity index (χ0v) is 11.7. The number of ether oxygens (including phenoxy) is 1. The van der Waals surface area contributed by atoms with E-state index in [1.807, 2.05) is 31.2 Å². The fourth-order valence-corrected chi connectivity index (χ4v) is 1.80. The molecule has 0 aromatic heterocycles. The molecular formula is C12H16INO2. The van der Waals surface area contributed by atoms with Crippen molar-refractivity contribution in [1.29, 1.82) is 0 Å². The number of carbonyl (C=O) groups excluding carboxylic acids is 1. The van der Waals surface area contributed by atoms with Gasteiger partial charge >= 0.3 is 5.97 Å². The van der Waals surface area contributed by atoms with E-state index in [4.69, 9.17) is 10.5 Å². The molecule has 0 radical (unpaired) electrons. The van der Waals surface area contributed by atoms with Crippen molar-refractivity contribution in [3.8, 4) is 0 Å². The van der Waals surface area contributed by atoms with E-state index in [1.54, 1.807) is 6.92 Å². The summed E-state index contributed by atoms with van der Waals surface area (Å²) in [6.07, 6.45) is 0.196. The Hall–Kier alpha value is -0.620. The van der Waals surface area contributed by atoms with Crippen molar-refractivity contribution in [3.05, 3.63) is 33.4 Å². The van der Waals surface area contributed by atoms with Crippen molar-refractivity contribution in [2.24, 2.45) is 5.73 Å². The Bertz CT molecular complexity index is 360. The van der Waals surface area contributed by atoms with Crippen molar-refractivity contribution in [2.75, 3.05) is 6.61 Å². The van der Waals surface area contributed by atoms with Gasteiger partial charge in [0.05, 0.1) is 13.0 Å². The minimum atomic E-state index is -0.670. The van der Waals surface area contributed by atoms with Gasteiger partial charge in [0.15, 0.2) is 0 Å². The fourth-order valence-electron chi connectivity index (χ4n) is 1.44. The number of carbonyl (C=O) groups is 1. The molecule has 4 heteroatoms. The van der Waals surface area contributed by atoms with Gasteiger partial charge in [0.25, 0.3) is 0 Å². The third-order valence-electron chi connectivity index (χ3n) is 2.32. The number of benzene rings is 1. The van der Waals surface area contributed by atoms with Crippen molar-refractivity contribution in [1.82, 2.24) is 0 Å². The fraction of sp³-hybridized carbons (Fsp3) is 0.417. The van der Waals surface area contributed by atoms with Gasteiger partial charge in [-0.05, 0) is 54.1 Å². The number of halogens is 1. The monoisotopic (exact) mass is 333 g/mol. The van der Waals surface area contributed by atoms with E-state index in [1.165, 1.54) is 0 Å². The van der Waals surface area contributed by atoms with Crippen LogP contribution in [0.2, 0.25) is 0 Å². The van der Waals surface area contributed by atoms with E-state index in [0.717, 1.165) is 9.13 Å². The average Bonchev–Trinajstić information content (AvgIpc) is 2.17. The Morgan fingerprint density at radius 2 is 2.00 bits per heavy atom. The van der Waals surface area contributed by atoms with Crippen molar-refractivity contribution in [2.45, 2.75) is 25.8 Å². The van der Waals surface area contributed by atoms with Crippen LogP contribution in [-0.2, 0) is 15.1 Å². The molecule has 16 heavy (non-hydrogen) atoms. The highest BCUT2D eigenvalue weighted by molar-refractivity contribution is 14.1. The second-order valence-corrected chi connectivity index (χ2v) is 5.15. The summed E-state index contributed by atoms with van der Waals surface area (Å²) in [5, 5.41) is 0. The van der Waals surface area contributed by atoms with Crippen molar-refractivity contribution >= 4 is 28.6 Å². The van der Waals surface area contributed by atoms with Gasteiger partial charge in [-0.25, -0.2) is 0 Å². The molecular weight excluding hydrogens is 317 g/mol. The van der Waals surface area contributed by atoms with Crippen LogP contribution < -0.4 is 5.73 Å². The van der Waals surface area contributed by atoms with Crippen LogP contribution >= 0.6 is 22.6 Å². The van der Waals surface area contributed by atoms with E-state index in [-0.39, 0.29) is 12.4 Å². The first-order chi connectivity index (χ1) is 7.45. The van der Waals surface area contributed by atoms with Crippen LogP contribution in [0.25, 0.3) is 0 Å².